The van der Waals surface area contributed by atoms with Gasteiger partial charge in [-0.3, -0.25) is 4.68 Å². The summed E-state index contributed by atoms with van der Waals surface area (Å²) < 4.78 is 7.14. The Morgan fingerprint density at radius 2 is 1.96 bits per heavy atom. The summed E-state index contributed by atoms with van der Waals surface area (Å²) >= 11 is 0. The molecule has 2 unspecified atom stereocenters. The fourth-order valence-electron chi connectivity index (χ4n) is 2.58. The van der Waals surface area contributed by atoms with Crippen molar-refractivity contribution in [2.24, 2.45) is 7.05 Å². The van der Waals surface area contributed by atoms with Crippen LogP contribution in [0.1, 0.15) is 59.2 Å². The van der Waals surface area contributed by atoms with Crippen LogP contribution in [0.25, 0.3) is 0 Å². The summed E-state index contributed by atoms with van der Waals surface area (Å²) in [7, 11) is 1.95. The number of hydrogen-bond acceptors (Lipinski definition) is 4. The minimum Gasteiger partial charge on any atom is -0.444 e. The van der Waals surface area contributed by atoms with Gasteiger partial charge in [0.1, 0.15) is 5.60 Å². The van der Waals surface area contributed by atoms with Crippen LogP contribution in [0, 0.1) is 0 Å². The van der Waals surface area contributed by atoms with Crippen LogP contribution in [0.5, 0.6) is 0 Å². The van der Waals surface area contributed by atoms with Gasteiger partial charge in [-0.05, 0) is 27.2 Å². The molecular weight excluding hydrogens is 292 g/mol. The fraction of sp³-hybridized carbons (Fsp3) is 0.765. The Labute approximate surface area is 139 Å². The highest BCUT2D eigenvalue weighted by Crippen LogP contribution is 2.26. The van der Waals surface area contributed by atoms with E-state index in [1.54, 1.807) is 0 Å². The highest BCUT2D eigenvalue weighted by molar-refractivity contribution is 5.68. The number of nitrogens with one attached hydrogen (secondary N) is 2. The lowest BCUT2D eigenvalue weighted by Crippen LogP contribution is -2.36. The zero-order chi connectivity index (χ0) is 17.4. The van der Waals surface area contributed by atoms with Crippen molar-refractivity contribution in [1.82, 2.24) is 20.4 Å². The lowest BCUT2D eigenvalue weighted by Gasteiger charge is -2.20. The third-order valence-electron chi connectivity index (χ3n) is 3.66. The van der Waals surface area contributed by atoms with Gasteiger partial charge in [-0.15, -0.1) is 0 Å². The summed E-state index contributed by atoms with van der Waals surface area (Å²) in [6.45, 7) is 12.9. The summed E-state index contributed by atoms with van der Waals surface area (Å²) in [6, 6.07) is 0.454. The van der Waals surface area contributed by atoms with Gasteiger partial charge in [0, 0.05) is 42.9 Å². The second-order valence-electron chi connectivity index (χ2n) is 8.40. The van der Waals surface area contributed by atoms with Gasteiger partial charge in [0.05, 0.1) is 5.69 Å². The van der Waals surface area contributed by atoms with Crippen molar-refractivity contribution in [1.29, 1.82) is 0 Å². The molecule has 0 radical (unpaired) electrons. The maximum Gasteiger partial charge on any atom is 0.407 e. The predicted octanol–water partition coefficient (Wildman–Crippen LogP) is 2.47. The van der Waals surface area contributed by atoms with Crippen LogP contribution in [-0.4, -0.2) is 33.6 Å². The van der Waals surface area contributed by atoms with Gasteiger partial charge in [-0.2, -0.15) is 5.10 Å². The fourth-order valence-corrected chi connectivity index (χ4v) is 2.58. The molecular formula is C17H30N4O2. The van der Waals surface area contributed by atoms with Crippen LogP contribution >= 0.6 is 0 Å². The summed E-state index contributed by atoms with van der Waals surface area (Å²) in [5, 5.41) is 11.0. The lowest BCUT2D eigenvalue weighted by atomic mass is 9.89. The van der Waals surface area contributed by atoms with Gasteiger partial charge in [-0.1, -0.05) is 20.8 Å². The van der Waals surface area contributed by atoms with E-state index in [0.717, 1.165) is 18.7 Å². The molecule has 0 aromatic carbocycles. The third kappa shape index (κ3) is 5.23. The smallest absolute Gasteiger partial charge is 0.407 e. The number of alkyl carbamates (subject to hydrolysis) is 1. The Morgan fingerprint density at radius 1 is 1.30 bits per heavy atom. The molecule has 6 heteroatoms. The van der Waals surface area contributed by atoms with Crippen molar-refractivity contribution in [3.05, 3.63) is 17.5 Å². The van der Waals surface area contributed by atoms with E-state index in [1.165, 1.54) is 5.56 Å². The Hall–Kier alpha value is -1.56. The molecule has 1 aliphatic carbocycles. The molecule has 0 spiro atoms. The second kappa shape index (κ2) is 6.15. The first-order valence-corrected chi connectivity index (χ1v) is 8.21. The summed E-state index contributed by atoms with van der Waals surface area (Å²) in [5.74, 6) is 0. The van der Waals surface area contributed by atoms with E-state index in [9.17, 15) is 4.79 Å². The van der Waals surface area contributed by atoms with Gasteiger partial charge in [0.15, 0.2) is 0 Å². The minimum absolute atomic E-state index is 0.0238. The number of hydrogen-bond donors (Lipinski definition) is 2. The average Bonchev–Trinajstić information content (AvgIpc) is 2.93. The summed E-state index contributed by atoms with van der Waals surface area (Å²) in [5.41, 5.74) is 1.89. The van der Waals surface area contributed by atoms with Crippen LogP contribution in [0.4, 0.5) is 4.79 Å². The number of aryl methyl sites for hydroxylation is 1. The van der Waals surface area contributed by atoms with Crippen LogP contribution in [0.3, 0.4) is 0 Å². The second-order valence-corrected chi connectivity index (χ2v) is 8.40. The average molecular weight is 322 g/mol. The van der Waals surface area contributed by atoms with Crippen molar-refractivity contribution in [3.63, 3.8) is 0 Å². The SMILES string of the molecule is Cn1cc(CNC2CC2NC(=O)OC(C)(C)C)c(C(C)(C)C)n1. The molecule has 2 atom stereocenters. The normalized spacial score (nSPS) is 21.2. The van der Waals surface area contributed by atoms with E-state index in [1.807, 2.05) is 32.5 Å². The monoisotopic (exact) mass is 322 g/mol. The molecule has 6 nitrogen and oxygen atoms in total. The quantitative estimate of drug-likeness (QED) is 0.893. The Bertz CT molecular complexity index is 566. The minimum atomic E-state index is -0.459. The number of carbonyl (C=O) groups excluding carboxylic acids is 1. The van der Waals surface area contributed by atoms with E-state index in [0.29, 0.717) is 6.04 Å². The van der Waals surface area contributed by atoms with Gasteiger partial charge in [0.2, 0.25) is 0 Å². The zero-order valence-corrected chi connectivity index (χ0v) is 15.4. The number of nitrogens with zero attached hydrogens (tertiary/aromatic N) is 2. The molecule has 1 amide bonds. The van der Waals surface area contributed by atoms with E-state index in [2.05, 4.69) is 42.7 Å². The van der Waals surface area contributed by atoms with Crippen LogP contribution in [0.2, 0.25) is 0 Å². The Morgan fingerprint density at radius 3 is 2.52 bits per heavy atom. The van der Waals surface area contributed by atoms with Crippen LogP contribution in [-0.2, 0) is 23.7 Å². The molecule has 1 heterocycles. The van der Waals surface area contributed by atoms with Gasteiger partial charge in [0.25, 0.3) is 0 Å². The van der Waals surface area contributed by atoms with Crippen LogP contribution in [0.15, 0.2) is 6.20 Å². The number of rotatable bonds is 4. The summed E-state index contributed by atoms with van der Waals surface area (Å²) in [4.78, 5) is 11.7. The van der Waals surface area contributed by atoms with Gasteiger partial charge in [-0.25, -0.2) is 4.79 Å². The third-order valence-corrected chi connectivity index (χ3v) is 3.66. The lowest BCUT2D eigenvalue weighted by molar-refractivity contribution is 0.0522. The van der Waals surface area contributed by atoms with Crippen molar-refractivity contribution in [2.45, 2.75) is 77.6 Å². The number of aromatic nitrogens is 2. The van der Waals surface area contributed by atoms with Crippen molar-refractivity contribution in [3.8, 4) is 0 Å². The molecule has 0 bridgehead atoms. The molecule has 1 fully saturated rings. The van der Waals surface area contributed by atoms with E-state index < -0.39 is 5.60 Å². The highest BCUT2D eigenvalue weighted by Gasteiger charge is 2.39. The Balaban J connectivity index is 1.82. The maximum absolute atomic E-state index is 11.7. The molecule has 0 saturated heterocycles. The number of ether oxygens (including phenoxy) is 1. The first-order chi connectivity index (χ1) is 10.5. The molecule has 0 aliphatic heterocycles. The molecule has 1 saturated carbocycles. The van der Waals surface area contributed by atoms with Crippen molar-refractivity contribution in [2.75, 3.05) is 0 Å². The molecule has 130 valence electrons. The topological polar surface area (TPSA) is 68.2 Å². The van der Waals surface area contributed by atoms with Crippen LogP contribution < -0.4 is 10.6 Å². The molecule has 1 aromatic heterocycles. The van der Waals surface area contributed by atoms with E-state index >= 15 is 0 Å². The Kier molecular flexibility index (Phi) is 4.76. The molecule has 2 rings (SSSR count). The van der Waals surface area contributed by atoms with E-state index in [4.69, 9.17) is 4.74 Å². The number of carbonyl (C=O) groups is 1. The largest absolute Gasteiger partial charge is 0.444 e. The number of amides is 1. The standard InChI is InChI=1S/C17H30N4O2/c1-16(2,3)14-11(10-21(7)20-14)9-18-12-8-13(12)19-15(22)23-17(4,5)6/h10,12-13,18H,8-9H2,1-7H3,(H,19,22). The molecule has 2 N–H and O–H groups in total. The van der Waals surface area contributed by atoms with E-state index in [-0.39, 0.29) is 17.6 Å². The first kappa shape index (κ1) is 17.8. The zero-order valence-electron chi connectivity index (χ0n) is 15.4. The molecule has 1 aliphatic rings. The molecule has 23 heavy (non-hydrogen) atoms. The highest BCUT2D eigenvalue weighted by atomic mass is 16.6. The predicted molar refractivity (Wildman–Crippen MR) is 90.3 cm³/mol. The first-order valence-electron chi connectivity index (χ1n) is 8.21. The van der Waals surface area contributed by atoms with Gasteiger partial charge < -0.3 is 15.4 Å². The molecule has 1 aromatic rings. The van der Waals surface area contributed by atoms with Crippen molar-refractivity contribution < 1.29 is 9.53 Å². The van der Waals surface area contributed by atoms with Crippen molar-refractivity contribution >= 4 is 6.09 Å². The van der Waals surface area contributed by atoms with Gasteiger partial charge >= 0.3 is 6.09 Å². The maximum atomic E-state index is 11.7. The summed E-state index contributed by atoms with van der Waals surface area (Å²) in [6.07, 6.45) is 2.65.